The van der Waals surface area contributed by atoms with Crippen LogP contribution < -0.4 is 14.8 Å². The number of anilines is 1. The zero-order valence-electron chi connectivity index (χ0n) is 13.3. The highest BCUT2D eigenvalue weighted by atomic mass is 79.9. The SMILES string of the molecule is COc1ccc(C)cc1NC(=O)CCCOc1cccc(Br)c1. The minimum atomic E-state index is -0.0493. The average molecular weight is 378 g/mol. The molecule has 2 aromatic rings. The Bertz CT molecular complexity index is 673. The molecular weight excluding hydrogens is 358 g/mol. The highest BCUT2D eigenvalue weighted by molar-refractivity contribution is 9.10. The third kappa shape index (κ3) is 5.60. The molecule has 0 aliphatic heterocycles. The van der Waals surface area contributed by atoms with Gasteiger partial charge in [-0.25, -0.2) is 0 Å². The van der Waals surface area contributed by atoms with Gasteiger partial charge in [0.25, 0.3) is 0 Å². The Kier molecular flexibility index (Phi) is 6.47. The molecule has 0 atom stereocenters. The summed E-state index contributed by atoms with van der Waals surface area (Å²) in [5.74, 6) is 1.40. The molecule has 0 bridgehead atoms. The molecule has 0 heterocycles. The number of halogens is 1. The molecule has 2 rings (SSSR count). The van der Waals surface area contributed by atoms with Gasteiger partial charge in [0, 0.05) is 10.9 Å². The molecule has 23 heavy (non-hydrogen) atoms. The fourth-order valence-corrected chi connectivity index (χ4v) is 2.49. The monoisotopic (exact) mass is 377 g/mol. The third-order valence-corrected chi connectivity index (χ3v) is 3.74. The Labute approximate surface area is 144 Å². The van der Waals surface area contributed by atoms with Gasteiger partial charge in [-0.05, 0) is 49.2 Å². The molecule has 0 saturated heterocycles. The number of nitrogens with one attached hydrogen (secondary N) is 1. The van der Waals surface area contributed by atoms with Crippen LogP contribution in [0.15, 0.2) is 46.9 Å². The van der Waals surface area contributed by atoms with Crippen molar-refractivity contribution in [3.05, 3.63) is 52.5 Å². The highest BCUT2D eigenvalue weighted by Crippen LogP contribution is 2.25. The van der Waals surface area contributed by atoms with Crippen LogP contribution in [-0.4, -0.2) is 19.6 Å². The highest BCUT2D eigenvalue weighted by Gasteiger charge is 2.08. The predicted molar refractivity (Wildman–Crippen MR) is 95.2 cm³/mol. The largest absolute Gasteiger partial charge is 0.495 e. The number of hydrogen-bond donors (Lipinski definition) is 1. The van der Waals surface area contributed by atoms with Crippen molar-refractivity contribution >= 4 is 27.5 Å². The van der Waals surface area contributed by atoms with Crippen LogP contribution >= 0.6 is 15.9 Å². The second-order valence-corrected chi connectivity index (χ2v) is 6.08. The number of rotatable bonds is 7. The molecule has 0 unspecified atom stereocenters. The molecule has 0 fully saturated rings. The van der Waals surface area contributed by atoms with Crippen LogP contribution in [0.4, 0.5) is 5.69 Å². The molecule has 4 nitrogen and oxygen atoms in total. The van der Waals surface area contributed by atoms with E-state index in [1.807, 2.05) is 49.4 Å². The van der Waals surface area contributed by atoms with Gasteiger partial charge in [0.2, 0.25) is 5.91 Å². The summed E-state index contributed by atoms with van der Waals surface area (Å²) in [5.41, 5.74) is 1.77. The summed E-state index contributed by atoms with van der Waals surface area (Å²) in [6.45, 7) is 2.47. The smallest absolute Gasteiger partial charge is 0.224 e. The maximum atomic E-state index is 12.0. The number of hydrogen-bond acceptors (Lipinski definition) is 3. The Hall–Kier alpha value is -2.01. The van der Waals surface area contributed by atoms with Gasteiger partial charge in [-0.3, -0.25) is 4.79 Å². The van der Waals surface area contributed by atoms with Gasteiger partial charge in [-0.2, -0.15) is 0 Å². The van der Waals surface area contributed by atoms with Crippen LogP contribution in [0.1, 0.15) is 18.4 Å². The normalized spacial score (nSPS) is 10.2. The third-order valence-electron chi connectivity index (χ3n) is 3.24. The van der Waals surface area contributed by atoms with E-state index in [-0.39, 0.29) is 5.91 Å². The van der Waals surface area contributed by atoms with E-state index >= 15 is 0 Å². The molecule has 2 aromatic carbocycles. The van der Waals surface area contributed by atoms with E-state index in [1.54, 1.807) is 7.11 Å². The van der Waals surface area contributed by atoms with Crippen molar-refractivity contribution in [3.8, 4) is 11.5 Å². The zero-order valence-corrected chi connectivity index (χ0v) is 14.9. The first-order valence-electron chi connectivity index (χ1n) is 7.41. The lowest BCUT2D eigenvalue weighted by Crippen LogP contribution is -2.13. The van der Waals surface area contributed by atoms with E-state index in [0.717, 1.165) is 15.8 Å². The molecule has 1 N–H and O–H groups in total. The molecule has 0 aliphatic rings. The topological polar surface area (TPSA) is 47.6 Å². The summed E-state index contributed by atoms with van der Waals surface area (Å²) in [5, 5.41) is 2.88. The van der Waals surface area contributed by atoms with E-state index in [0.29, 0.717) is 30.9 Å². The van der Waals surface area contributed by atoms with Crippen LogP contribution in [0.2, 0.25) is 0 Å². The fraction of sp³-hybridized carbons (Fsp3) is 0.278. The van der Waals surface area contributed by atoms with Gasteiger partial charge in [-0.1, -0.05) is 28.1 Å². The van der Waals surface area contributed by atoms with Crippen molar-refractivity contribution in [2.75, 3.05) is 19.0 Å². The molecule has 1 amide bonds. The first-order valence-corrected chi connectivity index (χ1v) is 8.20. The van der Waals surface area contributed by atoms with E-state index in [9.17, 15) is 4.79 Å². The van der Waals surface area contributed by atoms with Gasteiger partial charge in [0.1, 0.15) is 11.5 Å². The van der Waals surface area contributed by atoms with Crippen molar-refractivity contribution < 1.29 is 14.3 Å². The molecule has 5 heteroatoms. The minimum absolute atomic E-state index is 0.0493. The number of aryl methyl sites for hydroxylation is 1. The molecule has 0 radical (unpaired) electrons. The lowest BCUT2D eigenvalue weighted by Gasteiger charge is -2.11. The summed E-state index contributed by atoms with van der Waals surface area (Å²) in [7, 11) is 1.59. The Morgan fingerprint density at radius 2 is 2.04 bits per heavy atom. The van der Waals surface area contributed by atoms with Crippen molar-refractivity contribution in [1.82, 2.24) is 0 Å². The number of ether oxygens (including phenoxy) is 2. The lowest BCUT2D eigenvalue weighted by molar-refractivity contribution is -0.116. The fourth-order valence-electron chi connectivity index (χ4n) is 2.11. The van der Waals surface area contributed by atoms with Crippen molar-refractivity contribution in [3.63, 3.8) is 0 Å². The molecule has 0 aliphatic carbocycles. The maximum absolute atomic E-state index is 12.0. The molecule has 122 valence electrons. The van der Waals surface area contributed by atoms with Crippen LogP contribution in [0, 0.1) is 6.92 Å². The van der Waals surface area contributed by atoms with Crippen molar-refractivity contribution in [1.29, 1.82) is 0 Å². The summed E-state index contributed by atoms with van der Waals surface area (Å²) >= 11 is 3.39. The van der Waals surface area contributed by atoms with Gasteiger partial charge >= 0.3 is 0 Å². The van der Waals surface area contributed by atoms with E-state index < -0.39 is 0 Å². The van der Waals surface area contributed by atoms with Crippen molar-refractivity contribution in [2.24, 2.45) is 0 Å². The van der Waals surface area contributed by atoms with Gasteiger partial charge in [0.15, 0.2) is 0 Å². The van der Waals surface area contributed by atoms with Gasteiger partial charge < -0.3 is 14.8 Å². The molecule has 0 saturated carbocycles. The number of carbonyl (C=O) groups excluding carboxylic acids is 1. The number of benzene rings is 2. The van der Waals surface area contributed by atoms with Crippen molar-refractivity contribution in [2.45, 2.75) is 19.8 Å². The number of amides is 1. The number of carbonyl (C=O) groups is 1. The first kappa shape index (κ1) is 17.3. The van der Waals surface area contributed by atoms with Gasteiger partial charge in [0.05, 0.1) is 19.4 Å². The molecule has 0 aromatic heterocycles. The second-order valence-electron chi connectivity index (χ2n) is 5.16. The molecular formula is C18H20BrNO3. The predicted octanol–water partition coefficient (Wildman–Crippen LogP) is 4.56. The zero-order chi connectivity index (χ0) is 16.7. The Morgan fingerprint density at radius 3 is 2.78 bits per heavy atom. The number of methoxy groups -OCH3 is 1. The standard InChI is InChI=1S/C18H20BrNO3/c1-13-8-9-17(22-2)16(11-13)20-18(21)7-4-10-23-15-6-3-5-14(19)12-15/h3,5-6,8-9,11-12H,4,7,10H2,1-2H3,(H,20,21). The summed E-state index contributed by atoms with van der Waals surface area (Å²) < 4.78 is 11.8. The quantitative estimate of drug-likeness (QED) is 0.719. The van der Waals surface area contributed by atoms with E-state index in [1.165, 1.54) is 0 Å². The van der Waals surface area contributed by atoms with E-state index in [2.05, 4.69) is 21.2 Å². The summed E-state index contributed by atoms with van der Waals surface area (Å²) in [4.78, 5) is 12.0. The first-order chi connectivity index (χ1) is 11.1. The van der Waals surface area contributed by atoms with Gasteiger partial charge in [-0.15, -0.1) is 0 Å². The summed E-state index contributed by atoms with van der Waals surface area (Å²) in [6.07, 6.45) is 1.04. The van der Waals surface area contributed by atoms with Crippen LogP contribution in [0.25, 0.3) is 0 Å². The Balaban J connectivity index is 1.78. The second kappa shape index (κ2) is 8.58. The van der Waals surface area contributed by atoms with Crippen LogP contribution in [0.3, 0.4) is 0 Å². The molecule has 0 spiro atoms. The minimum Gasteiger partial charge on any atom is -0.495 e. The Morgan fingerprint density at radius 1 is 1.22 bits per heavy atom. The average Bonchev–Trinajstić information content (AvgIpc) is 2.52. The maximum Gasteiger partial charge on any atom is 0.224 e. The lowest BCUT2D eigenvalue weighted by atomic mass is 10.2. The van der Waals surface area contributed by atoms with E-state index in [4.69, 9.17) is 9.47 Å². The summed E-state index contributed by atoms with van der Waals surface area (Å²) in [6, 6.07) is 13.3. The van der Waals surface area contributed by atoms with Crippen LogP contribution in [-0.2, 0) is 4.79 Å². The van der Waals surface area contributed by atoms with Crippen LogP contribution in [0.5, 0.6) is 11.5 Å².